The van der Waals surface area contributed by atoms with E-state index in [1.807, 2.05) is 4.90 Å². The van der Waals surface area contributed by atoms with E-state index in [0.29, 0.717) is 17.0 Å². The van der Waals surface area contributed by atoms with Crippen molar-refractivity contribution in [1.82, 2.24) is 15.1 Å². The fraction of sp³-hybridized carbons (Fsp3) is 0.786. The lowest BCUT2D eigenvalue weighted by molar-refractivity contribution is -0.132. The third kappa shape index (κ3) is 3.64. The lowest BCUT2D eigenvalue weighted by Gasteiger charge is -2.35. The van der Waals surface area contributed by atoms with Crippen molar-refractivity contribution in [2.75, 3.05) is 36.8 Å². The molecule has 1 amide bonds. The minimum absolute atomic E-state index is 0.332. The van der Waals surface area contributed by atoms with Crippen LogP contribution in [0.15, 0.2) is 0 Å². The van der Waals surface area contributed by atoms with Gasteiger partial charge in [0.05, 0.1) is 0 Å². The average molecular weight is 309 g/mol. The first-order chi connectivity index (χ1) is 10.2. The first kappa shape index (κ1) is 14.6. The van der Waals surface area contributed by atoms with Gasteiger partial charge in [-0.05, 0) is 18.8 Å². The molecule has 0 radical (unpaired) electrons. The third-order valence-electron chi connectivity index (χ3n) is 4.52. The fourth-order valence-corrected chi connectivity index (χ4v) is 3.93. The van der Waals surface area contributed by atoms with Crippen molar-refractivity contribution in [3.63, 3.8) is 0 Å². The molecule has 1 aromatic rings. The first-order valence-corrected chi connectivity index (χ1v) is 8.66. The van der Waals surface area contributed by atoms with Crippen LogP contribution in [0.1, 0.15) is 38.5 Å². The molecule has 0 spiro atoms. The molecule has 1 aliphatic heterocycles. The number of aromatic nitrogens is 2. The maximum absolute atomic E-state index is 12.4. The van der Waals surface area contributed by atoms with Crippen LogP contribution >= 0.6 is 11.3 Å². The zero-order chi connectivity index (χ0) is 14.7. The Morgan fingerprint density at radius 3 is 2.48 bits per heavy atom. The number of anilines is 2. The molecular formula is C14H23N5OS. The van der Waals surface area contributed by atoms with Gasteiger partial charge in [-0.15, -0.1) is 10.2 Å². The van der Waals surface area contributed by atoms with Gasteiger partial charge >= 0.3 is 0 Å². The molecule has 0 aromatic carbocycles. The highest BCUT2D eigenvalue weighted by atomic mass is 32.1. The second-order valence-corrected chi connectivity index (χ2v) is 6.99. The lowest BCUT2D eigenvalue weighted by Crippen LogP contribution is -2.49. The van der Waals surface area contributed by atoms with Crippen molar-refractivity contribution in [2.24, 2.45) is 5.92 Å². The highest BCUT2D eigenvalue weighted by Crippen LogP contribution is 2.27. The largest absolute Gasteiger partial charge is 0.374 e. The molecule has 2 fully saturated rings. The Kier molecular flexibility index (Phi) is 4.57. The molecule has 1 saturated carbocycles. The van der Waals surface area contributed by atoms with E-state index in [2.05, 4.69) is 15.1 Å². The number of hydrogen-bond donors (Lipinski definition) is 1. The summed E-state index contributed by atoms with van der Waals surface area (Å²) in [7, 11) is 0. The predicted molar refractivity (Wildman–Crippen MR) is 84.3 cm³/mol. The van der Waals surface area contributed by atoms with Crippen LogP contribution < -0.4 is 10.6 Å². The number of nitrogens with two attached hydrogens (primary N) is 1. The quantitative estimate of drug-likeness (QED) is 0.920. The molecule has 1 saturated heterocycles. The van der Waals surface area contributed by atoms with Gasteiger partial charge in [0.1, 0.15) is 0 Å². The number of rotatable bonds is 3. The molecule has 1 aliphatic carbocycles. The standard InChI is InChI=1S/C14H23N5OS/c15-13-16-17-14(21-13)19-8-6-18(7-9-19)12(20)10-11-4-2-1-3-5-11/h11H,1-10H2,(H2,15,16). The summed E-state index contributed by atoms with van der Waals surface area (Å²) in [6, 6.07) is 0. The van der Waals surface area contributed by atoms with Crippen LogP contribution in [-0.2, 0) is 4.79 Å². The van der Waals surface area contributed by atoms with Gasteiger partial charge < -0.3 is 15.5 Å². The van der Waals surface area contributed by atoms with Crippen molar-refractivity contribution >= 4 is 27.5 Å². The molecule has 2 aliphatic rings. The Bertz CT molecular complexity index is 477. The first-order valence-electron chi connectivity index (χ1n) is 7.84. The molecule has 7 heteroatoms. The molecule has 0 unspecified atom stereocenters. The van der Waals surface area contributed by atoms with E-state index in [-0.39, 0.29) is 0 Å². The van der Waals surface area contributed by atoms with E-state index >= 15 is 0 Å². The van der Waals surface area contributed by atoms with Crippen molar-refractivity contribution in [2.45, 2.75) is 38.5 Å². The normalized spacial score (nSPS) is 20.8. The Balaban J connectivity index is 1.47. The van der Waals surface area contributed by atoms with Crippen LogP contribution in [-0.4, -0.2) is 47.2 Å². The van der Waals surface area contributed by atoms with Crippen LogP contribution in [0.25, 0.3) is 0 Å². The van der Waals surface area contributed by atoms with Gasteiger partial charge in [0, 0.05) is 32.6 Å². The summed E-state index contributed by atoms with van der Waals surface area (Å²) in [6.07, 6.45) is 7.14. The summed E-state index contributed by atoms with van der Waals surface area (Å²) in [5.41, 5.74) is 5.62. The average Bonchev–Trinajstić information content (AvgIpc) is 2.95. The van der Waals surface area contributed by atoms with Gasteiger partial charge in [-0.25, -0.2) is 0 Å². The highest BCUT2D eigenvalue weighted by Gasteiger charge is 2.25. The van der Waals surface area contributed by atoms with Gasteiger partial charge in [0.25, 0.3) is 0 Å². The molecule has 2 N–H and O–H groups in total. The van der Waals surface area contributed by atoms with Crippen LogP contribution in [0.5, 0.6) is 0 Å². The van der Waals surface area contributed by atoms with Gasteiger partial charge in [-0.3, -0.25) is 4.79 Å². The molecule has 6 nitrogen and oxygen atoms in total. The van der Waals surface area contributed by atoms with E-state index in [4.69, 9.17) is 5.73 Å². The van der Waals surface area contributed by atoms with E-state index in [0.717, 1.165) is 37.7 Å². The van der Waals surface area contributed by atoms with Gasteiger partial charge in [0.15, 0.2) is 0 Å². The van der Waals surface area contributed by atoms with E-state index < -0.39 is 0 Å². The van der Waals surface area contributed by atoms with Crippen molar-refractivity contribution in [1.29, 1.82) is 0 Å². The smallest absolute Gasteiger partial charge is 0.222 e. The molecule has 1 aromatic heterocycles. The fourth-order valence-electron chi connectivity index (χ4n) is 3.27. The number of carbonyl (C=O) groups is 1. The second kappa shape index (κ2) is 6.60. The number of carbonyl (C=O) groups excluding carboxylic acids is 1. The Labute approximate surface area is 129 Å². The molecule has 116 valence electrons. The summed E-state index contributed by atoms with van der Waals surface area (Å²) >= 11 is 1.41. The molecule has 3 rings (SSSR count). The number of amides is 1. The molecular weight excluding hydrogens is 286 g/mol. The van der Waals surface area contributed by atoms with E-state index in [1.165, 1.54) is 43.4 Å². The van der Waals surface area contributed by atoms with Crippen molar-refractivity contribution < 1.29 is 4.79 Å². The zero-order valence-electron chi connectivity index (χ0n) is 12.3. The minimum Gasteiger partial charge on any atom is -0.374 e. The van der Waals surface area contributed by atoms with Gasteiger partial charge in [-0.1, -0.05) is 30.6 Å². The number of nitrogens with zero attached hydrogens (tertiary/aromatic N) is 4. The molecule has 21 heavy (non-hydrogen) atoms. The SMILES string of the molecule is Nc1nnc(N2CCN(C(=O)CC3CCCCC3)CC2)s1. The molecule has 0 atom stereocenters. The number of hydrogen-bond acceptors (Lipinski definition) is 6. The Morgan fingerprint density at radius 2 is 1.86 bits per heavy atom. The van der Waals surface area contributed by atoms with Crippen LogP contribution in [0.3, 0.4) is 0 Å². The minimum atomic E-state index is 0.332. The summed E-state index contributed by atoms with van der Waals surface area (Å²) in [5, 5.41) is 9.28. The molecule has 0 bridgehead atoms. The van der Waals surface area contributed by atoms with E-state index in [9.17, 15) is 4.79 Å². The number of nitrogen functional groups attached to an aromatic ring is 1. The Hall–Kier alpha value is -1.37. The topological polar surface area (TPSA) is 75.3 Å². The highest BCUT2D eigenvalue weighted by molar-refractivity contribution is 7.18. The third-order valence-corrected chi connectivity index (χ3v) is 5.33. The second-order valence-electron chi connectivity index (χ2n) is 6.00. The monoisotopic (exact) mass is 309 g/mol. The predicted octanol–water partition coefficient (Wildman–Crippen LogP) is 1.74. The van der Waals surface area contributed by atoms with Crippen molar-refractivity contribution in [3.05, 3.63) is 0 Å². The zero-order valence-corrected chi connectivity index (χ0v) is 13.1. The van der Waals surface area contributed by atoms with Crippen LogP contribution in [0, 0.1) is 5.92 Å². The van der Waals surface area contributed by atoms with Crippen molar-refractivity contribution in [3.8, 4) is 0 Å². The maximum atomic E-state index is 12.4. The van der Waals surface area contributed by atoms with Gasteiger partial charge in [0.2, 0.25) is 16.2 Å². The Morgan fingerprint density at radius 1 is 1.14 bits per heavy atom. The maximum Gasteiger partial charge on any atom is 0.222 e. The summed E-state index contributed by atoms with van der Waals surface area (Å²) in [5.74, 6) is 0.950. The van der Waals surface area contributed by atoms with Crippen LogP contribution in [0.2, 0.25) is 0 Å². The van der Waals surface area contributed by atoms with Gasteiger partial charge in [-0.2, -0.15) is 0 Å². The van der Waals surface area contributed by atoms with E-state index in [1.54, 1.807) is 0 Å². The summed E-state index contributed by atoms with van der Waals surface area (Å²) < 4.78 is 0. The summed E-state index contributed by atoms with van der Waals surface area (Å²) in [6.45, 7) is 3.21. The summed E-state index contributed by atoms with van der Waals surface area (Å²) in [4.78, 5) is 16.6. The molecule has 2 heterocycles. The lowest BCUT2D eigenvalue weighted by atomic mass is 9.86. The van der Waals surface area contributed by atoms with Crippen LogP contribution in [0.4, 0.5) is 10.3 Å². The number of piperazine rings is 1.